The number of H-pyrrole nitrogens is 1. The van der Waals surface area contributed by atoms with Gasteiger partial charge in [-0.1, -0.05) is 23.9 Å². The number of thioether (sulfide) groups is 1. The quantitative estimate of drug-likeness (QED) is 0.384. The second kappa shape index (κ2) is 7.85. The number of nitrogens with zero attached hydrogens (tertiary/aromatic N) is 2. The Balaban J connectivity index is 1.45. The number of nitrogens with one attached hydrogen (secondary N) is 2. The van der Waals surface area contributed by atoms with E-state index in [1.165, 1.54) is 30.2 Å². The number of carbonyl (C=O) groups excluding carboxylic acids is 1. The highest BCUT2D eigenvalue weighted by Gasteiger charge is 2.13. The van der Waals surface area contributed by atoms with Crippen molar-refractivity contribution in [2.75, 3.05) is 12.9 Å². The number of halogens is 1. The van der Waals surface area contributed by atoms with E-state index in [4.69, 9.17) is 4.74 Å². The van der Waals surface area contributed by atoms with Crippen LogP contribution in [0.2, 0.25) is 0 Å². The van der Waals surface area contributed by atoms with Crippen LogP contribution < -0.4 is 10.1 Å². The van der Waals surface area contributed by atoms with Crippen LogP contribution in [0.1, 0.15) is 5.56 Å². The van der Waals surface area contributed by atoms with Crippen LogP contribution in [0.4, 0.5) is 4.39 Å². The molecule has 1 amide bonds. The molecule has 4 rings (SSSR count). The molecule has 0 unspecified atom stereocenters. The van der Waals surface area contributed by atoms with E-state index >= 15 is 0 Å². The summed E-state index contributed by atoms with van der Waals surface area (Å²) in [4.78, 5) is 24.0. The van der Waals surface area contributed by atoms with Crippen LogP contribution in [0.25, 0.3) is 21.9 Å². The first-order valence-corrected chi connectivity index (χ1v) is 9.57. The van der Waals surface area contributed by atoms with Crippen LogP contribution in [0.15, 0.2) is 53.8 Å². The molecule has 0 spiro atoms. The van der Waals surface area contributed by atoms with Gasteiger partial charge >= 0.3 is 0 Å². The monoisotopic (exact) mass is 396 g/mol. The molecule has 8 heteroatoms. The van der Waals surface area contributed by atoms with Crippen molar-refractivity contribution < 1.29 is 13.9 Å². The fourth-order valence-electron chi connectivity index (χ4n) is 2.92. The summed E-state index contributed by atoms with van der Waals surface area (Å²) in [6.45, 7) is 0.418. The summed E-state index contributed by atoms with van der Waals surface area (Å²) >= 11 is 1.31. The molecular weight excluding hydrogens is 379 g/mol. The molecule has 4 aromatic rings. The van der Waals surface area contributed by atoms with Gasteiger partial charge in [-0.15, -0.1) is 0 Å². The molecule has 2 N–H and O–H groups in total. The smallest absolute Gasteiger partial charge is 0.230 e. The van der Waals surface area contributed by atoms with Crippen molar-refractivity contribution in [1.29, 1.82) is 0 Å². The molecule has 0 radical (unpaired) electrons. The number of amides is 1. The Bertz CT molecular complexity index is 1160. The maximum absolute atomic E-state index is 13.5. The van der Waals surface area contributed by atoms with Gasteiger partial charge < -0.3 is 15.0 Å². The van der Waals surface area contributed by atoms with Crippen molar-refractivity contribution in [3.8, 4) is 5.75 Å². The third-order valence-electron chi connectivity index (χ3n) is 4.27. The molecule has 142 valence electrons. The van der Waals surface area contributed by atoms with Crippen molar-refractivity contribution in [3.63, 3.8) is 0 Å². The van der Waals surface area contributed by atoms with E-state index in [0.717, 1.165) is 16.8 Å². The zero-order valence-corrected chi connectivity index (χ0v) is 15.8. The van der Waals surface area contributed by atoms with Gasteiger partial charge in [0.1, 0.15) is 28.4 Å². The van der Waals surface area contributed by atoms with Crippen LogP contribution in [0.5, 0.6) is 5.75 Å². The molecule has 2 aromatic heterocycles. The average Bonchev–Trinajstić information content (AvgIpc) is 3.09. The molecule has 0 bridgehead atoms. The van der Waals surface area contributed by atoms with Gasteiger partial charge in [0.2, 0.25) is 5.91 Å². The lowest BCUT2D eigenvalue weighted by atomic mass is 10.2. The van der Waals surface area contributed by atoms with Gasteiger partial charge in [-0.3, -0.25) is 4.79 Å². The molecule has 0 aliphatic heterocycles. The summed E-state index contributed by atoms with van der Waals surface area (Å²) in [5.74, 6) is 0.527. The summed E-state index contributed by atoms with van der Waals surface area (Å²) in [6, 6.07) is 12.0. The molecule has 28 heavy (non-hydrogen) atoms. The van der Waals surface area contributed by atoms with E-state index < -0.39 is 0 Å². The Labute approximate surface area is 164 Å². The highest BCUT2D eigenvalue weighted by molar-refractivity contribution is 8.00. The molecule has 0 aliphatic rings. The van der Waals surface area contributed by atoms with E-state index in [1.807, 2.05) is 24.3 Å². The maximum atomic E-state index is 13.5. The Kier molecular flexibility index (Phi) is 5.12. The number of carbonyl (C=O) groups is 1. The number of aromatic amines is 1. The molecule has 0 atom stereocenters. The van der Waals surface area contributed by atoms with Crippen LogP contribution >= 0.6 is 11.8 Å². The zero-order valence-electron chi connectivity index (χ0n) is 15.0. The number of ether oxygens (including phenoxy) is 1. The summed E-state index contributed by atoms with van der Waals surface area (Å²) in [5, 5.41) is 4.23. The molecule has 2 aromatic carbocycles. The highest BCUT2D eigenvalue weighted by atomic mass is 32.2. The van der Waals surface area contributed by atoms with Crippen LogP contribution in [0, 0.1) is 5.82 Å². The fraction of sp³-hybridized carbons (Fsp3) is 0.150. The zero-order chi connectivity index (χ0) is 19.5. The third-order valence-corrected chi connectivity index (χ3v) is 5.26. The Hall–Kier alpha value is -3.13. The van der Waals surface area contributed by atoms with Gasteiger partial charge in [0.25, 0.3) is 0 Å². The molecule has 2 heterocycles. The molecule has 0 saturated heterocycles. The second-order valence-corrected chi connectivity index (χ2v) is 7.10. The number of hydrogen-bond donors (Lipinski definition) is 2. The minimum absolute atomic E-state index is 0.110. The van der Waals surface area contributed by atoms with Gasteiger partial charge in [-0.25, -0.2) is 14.4 Å². The van der Waals surface area contributed by atoms with Crippen molar-refractivity contribution in [1.82, 2.24) is 20.3 Å². The topological polar surface area (TPSA) is 79.9 Å². The van der Waals surface area contributed by atoms with Gasteiger partial charge in [-0.2, -0.15) is 0 Å². The molecule has 0 saturated carbocycles. The first-order chi connectivity index (χ1) is 13.6. The predicted octanol–water partition coefficient (Wildman–Crippen LogP) is 3.67. The highest BCUT2D eigenvalue weighted by Crippen LogP contribution is 2.29. The fourth-order valence-corrected chi connectivity index (χ4v) is 3.70. The first-order valence-electron chi connectivity index (χ1n) is 8.58. The SMILES string of the molecule is COc1cccc(CNC(=O)CSc2ncnc3c2[nH]c2ccc(F)cc23)c1. The van der Waals surface area contributed by atoms with Crippen LogP contribution in [-0.4, -0.2) is 33.7 Å². The van der Waals surface area contributed by atoms with Crippen LogP contribution in [0.3, 0.4) is 0 Å². The standard InChI is InChI=1S/C20H17FN4O2S/c1-27-14-4-2-3-12(7-14)9-22-17(26)10-28-20-19-18(23-11-24-20)15-8-13(21)5-6-16(15)25-19/h2-8,11,25H,9-10H2,1H3,(H,22,26). The summed E-state index contributed by atoms with van der Waals surface area (Å²) in [5.41, 5.74) is 3.08. The van der Waals surface area contributed by atoms with E-state index in [1.54, 1.807) is 13.2 Å². The van der Waals surface area contributed by atoms with E-state index in [0.29, 0.717) is 28.0 Å². The minimum atomic E-state index is -0.321. The van der Waals surface area contributed by atoms with Gasteiger partial charge in [0, 0.05) is 17.4 Å². The van der Waals surface area contributed by atoms with Gasteiger partial charge in [0.15, 0.2) is 0 Å². The Morgan fingerprint density at radius 2 is 2.14 bits per heavy atom. The van der Waals surface area contributed by atoms with Gasteiger partial charge in [-0.05, 0) is 35.9 Å². The summed E-state index contributed by atoms with van der Waals surface area (Å²) in [6.07, 6.45) is 1.43. The van der Waals surface area contributed by atoms with E-state index in [2.05, 4.69) is 20.3 Å². The predicted molar refractivity (Wildman–Crippen MR) is 107 cm³/mol. The average molecular weight is 396 g/mol. The molecule has 0 aliphatic carbocycles. The normalized spacial score (nSPS) is 11.1. The Morgan fingerprint density at radius 1 is 1.25 bits per heavy atom. The summed E-state index contributed by atoms with van der Waals surface area (Å²) < 4.78 is 18.7. The molecular formula is C20H17FN4O2S. The number of methoxy groups -OCH3 is 1. The van der Waals surface area contributed by atoms with Crippen molar-refractivity contribution >= 4 is 39.6 Å². The van der Waals surface area contributed by atoms with E-state index in [9.17, 15) is 9.18 Å². The van der Waals surface area contributed by atoms with E-state index in [-0.39, 0.29) is 17.5 Å². The lowest BCUT2D eigenvalue weighted by Crippen LogP contribution is -2.24. The lowest BCUT2D eigenvalue weighted by molar-refractivity contribution is -0.118. The minimum Gasteiger partial charge on any atom is -0.497 e. The number of hydrogen-bond acceptors (Lipinski definition) is 5. The van der Waals surface area contributed by atoms with Crippen LogP contribution in [-0.2, 0) is 11.3 Å². The molecule has 0 fully saturated rings. The lowest BCUT2D eigenvalue weighted by Gasteiger charge is -2.07. The van der Waals surface area contributed by atoms with Crippen molar-refractivity contribution in [2.45, 2.75) is 11.6 Å². The Morgan fingerprint density at radius 3 is 3.00 bits per heavy atom. The number of fused-ring (bicyclic) bond motifs is 3. The number of rotatable bonds is 6. The van der Waals surface area contributed by atoms with Gasteiger partial charge in [0.05, 0.1) is 18.4 Å². The largest absolute Gasteiger partial charge is 0.497 e. The number of benzene rings is 2. The number of aromatic nitrogens is 3. The maximum Gasteiger partial charge on any atom is 0.230 e. The first kappa shape index (κ1) is 18.2. The second-order valence-electron chi connectivity index (χ2n) is 6.13. The third kappa shape index (κ3) is 3.77. The molecule has 6 nitrogen and oxygen atoms in total. The summed E-state index contributed by atoms with van der Waals surface area (Å²) in [7, 11) is 1.61. The van der Waals surface area contributed by atoms with Crippen molar-refractivity contribution in [2.24, 2.45) is 0 Å². The van der Waals surface area contributed by atoms with Crippen molar-refractivity contribution in [3.05, 3.63) is 60.2 Å².